The lowest BCUT2D eigenvalue weighted by Crippen LogP contribution is -2.14. The van der Waals surface area contributed by atoms with E-state index >= 15 is 0 Å². The molecular formula is C50H36F12N6O5. The first kappa shape index (κ1) is 55.2. The van der Waals surface area contributed by atoms with Gasteiger partial charge in [0.2, 0.25) is 11.8 Å². The summed E-state index contributed by atoms with van der Waals surface area (Å²) in [6, 6.07) is 19.7. The fraction of sp³-hybridized carbons (Fsp3) is 0.120. The van der Waals surface area contributed by atoms with E-state index in [4.69, 9.17) is 20.9 Å². The maximum absolute atomic E-state index is 14.3. The number of nitrogens with two attached hydrogens (primary N) is 2. The highest BCUT2D eigenvalue weighted by Crippen LogP contribution is 2.38. The normalized spacial score (nSPS) is 11.0. The number of primary amides is 1. The Hall–Kier alpha value is -8.76. The molecule has 73 heavy (non-hydrogen) atoms. The average Bonchev–Trinajstić information content (AvgIpc) is 3.28. The highest BCUT2D eigenvalue weighted by molar-refractivity contribution is 5.98. The Morgan fingerprint density at radius 3 is 1.56 bits per heavy atom. The number of nitrogens with zero attached hydrogens (tertiary/aromatic N) is 4. The third-order valence-electron chi connectivity index (χ3n) is 9.66. The molecule has 4 N–H and O–H groups in total. The summed E-state index contributed by atoms with van der Waals surface area (Å²) in [6.07, 6.45) is -5.67. The molecule has 5 aromatic carbocycles. The molecule has 0 bridgehead atoms. The number of rotatable bonds is 8. The molecule has 0 saturated carbocycles. The second-order valence-electron chi connectivity index (χ2n) is 15.3. The molecule has 3 heterocycles. The number of halogens is 12. The number of alkyl halides is 6. The predicted molar refractivity (Wildman–Crippen MR) is 242 cm³/mol. The van der Waals surface area contributed by atoms with E-state index in [0.29, 0.717) is 16.7 Å². The van der Waals surface area contributed by atoms with Gasteiger partial charge < -0.3 is 25.5 Å². The Kier molecular flexibility index (Phi) is 17.7. The minimum Gasteiger partial charge on any atom is -0.438 e. The van der Waals surface area contributed by atoms with Crippen molar-refractivity contribution < 1.29 is 71.7 Å². The molecule has 0 aliphatic carbocycles. The molecule has 380 valence electrons. The van der Waals surface area contributed by atoms with Crippen LogP contribution in [0.1, 0.15) is 54.1 Å². The molecule has 0 saturated heterocycles. The van der Waals surface area contributed by atoms with Crippen molar-refractivity contribution in [1.82, 2.24) is 19.5 Å². The van der Waals surface area contributed by atoms with Gasteiger partial charge >= 0.3 is 12.4 Å². The Morgan fingerprint density at radius 1 is 0.630 bits per heavy atom. The number of carbonyl (C=O) groups is 2. The van der Waals surface area contributed by atoms with Crippen molar-refractivity contribution in [2.45, 2.75) is 39.7 Å². The van der Waals surface area contributed by atoms with E-state index in [1.54, 1.807) is 20.8 Å². The average molecular weight is 1030 g/mol. The summed E-state index contributed by atoms with van der Waals surface area (Å²) in [5, 5.41) is 0.00224. The Labute approximate surface area is 405 Å². The van der Waals surface area contributed by atoms with E-state index in [9.17, 15) is 67.1 Å². The lowest BCUT2D eigenvalue weighted by Gasteiger charge is -2.14. The summed E-state index contributed by atoms with van der Waals surface area (Å²) in [6.45, 7) is 4.51. The molecule has 0 aliphatic rings. The highest BCUT2D eigenvalue weighted by atomic mass is 19.4. The predicted octanol–water partition coefficient (Wildman–Crippen LogP) is 12.2. The minimum atomic E-state index is -4.68. The lowest BCUT2D eigenvalue weighted by molar-refractivity contribution is -0.139. The third-order valence-corrected chi connectivity index (χ3v) is 9.66. The molecule has 0 spiro atoms. The molecule has 23 heteroatoms. The Morgan fingerprint density at radius 2 is 1.10 bits per heavy atom. The van der Waals surface area contributed by atoms with Crippen molar-refractivity contribution >= 4 is 28.8 Å². The molecule has 0 unspecified atom stereocenters. The Bertz CT molecular complexity index is 3270. The second-order valence-corrected chi connectivity index (χ2v) is 15.3. The molecule has 0 atom stereocenters. The maximum atomic E-state index is 14.3. The zero-order valence-electron chi connectivity index (χ0n) is 37.9. The number of hydrogen-bond acceptors (Lipinski definition) is 9. The molecule has 3 aromatic heterocycles. The molecule has 0 aliphatic heterocycles. The van der Waals surface area contributed by atoms with Crippen LogP contribution in [0.2, 0.25) is 0 Å². The van der Waals surface area contributed by atoms with Crippen LogP contribution in [-0.4, -0.2) is 31.7 Å². The standard InChI is InChI=1S/C22H14F5N3O2.C13H10F3N3O2.C8H6F2O.C7H6F2/c1-12-7-17(23)15(18(24)8-12)10-30-11-29-20(31)14-9-13(4-5-19(14)30)32-21-16(22(25,26)27)3-2-6-28-21;14-13(15,16)9-2-1-5-19-12(9)21-7-3-4-10(17)8(6-7)11(18)20;1-5-2-7(9)6(4-11)8(10)3-5;1-5-2-6(8)4-7(9)3-5/h2-9,11H,10H2,1H3;1-6H,17H2,(H2,18,20);2-4H,1H3;2-4H,1H3. The van der Waals surface area contributed by atoms with Gasteiger partial charge in [-0.2, -0.15) is 31.3 Å². The van der Waals surface area contributed by atoms with E-state index in [2.05, 4.69) is 15.0 Å². The minimum absolute atomic E-state index is 0.00224. The monoisotopic (exact) mass is 1030 g/mol. The van der Waals surface area contributed by atoms with Crippen LogP contribution >= 0.6 is 0 Å². The molecular weight excluding hydrogens is 993 g/mol. The lowest BCUT2D eigenvalue weighted by atomic mass is 10.1. The summed E-state index contributed by atoms with van der Waals surface area (Å²) < 4.78 is 168. The van der Waals surface area contributed by atoms with Crippen LogP contribution in [0.5, 0.6) is 23.3 Å². The van der Waals surface area contributed by atoms with Crippen molar-refractivity contribution in [1.29, 1.82) is 0 Å². The van der Waals surface area contributed by atoms with Crippen LogP contribution < -0.4 is 26.5 Å². The van der Waals surface area contributed by atoms with Crippen molar-refractivity contribution in [3.05, 3.63) is 212 Å². The van der Waals surface area contributed by atoms with Gasteiger partial charge in [-0.05, 0) is 135 Å². The Balaban J connectivity index is 0.000000205. The van der Waals surface area contributed by atoms with Gasteiger partial charge in [0.15, 0.2) is 6.29 Å². The molecule has 8 aromatic rings. The van der Waals surface area contributed by atoms with Gasteiger partial charge in [-0.15, -0.1) is 0 Å². The number of hydrogen-bond donors (Lipinski definition) is 2. The summed E-state index contributed by atoms with van der Waals surface area (Å²) >= 11 is 0. The number of fused-ring (bicyclic) bond motifs is 1. The number of anilines is 1. The van der Waals surface area contributed by atoms with Crippen molar-refractivity contribution in [3.8, 4) is 23.3 Å². The van der Waals surface area contributed by atoms with Gasteiger partial charge in [-0.25, -0.2) is 36.3 Å². The van der Waals surface area contributed by atoms with Crippen LogP contribution in [0, 0.1) is 55.7 Å². The summed E-state index contributed by atoms with van der Waals surface area (Å²) in [5.41, 5.74) is 8.95. The van der Waals surface area contributed by atoms with Gasteiger partial charge in [0.1, 0.15) is 57.5 Å². The first-order valence-corrected chi connectivity index (χ1v) is 20.6. The smallest absolute Gasteiger partial charge is 0.421 e. The van der Waals surface area contributed by atoms with Crippen LogP contribution in [0.15, 0.2) is 127 Å². The molecule has 8 rings (SSSR count). The topological polar surface area (TPSA) is 165 Å². The number of benzene rings is 5. The number of ether oxygens (including phenoxy) is 2. The van der Waals surface area contributed by atoms with Crippen LogP contribution in [0.3, 0.4) is 0 Å². The van der Waals surface area contributed by atoms with Crippen molar-refractivity contribution in [3.63, 3.8) is 0 Å². The molecule has 11 nitrogen and oxygen atoms in total. The number of aromatic nitrogens is 4. The first-order valence-electron chi connectivity index (χ1n) is 20.6. The van der Waals surface area contributed by atoms with Gasteiger partial charge in [-0.3, -0.25) is 14.4 Å². The number of carbonyl (C=O) groups excluding carboxylic acids is 2. The zero-order chi connectivity index (χ0) is 53.9. The third kappa shape index (κ3) is 14.9. The number of nitrogen functional groups attached to an aromatic ring is 1. The molecule has 0 radical (unpaired) electrons. The van der Waals surface area contributed by atoms with E-state index < -0.39 is 87.2 Å². The van der Waals surface area contributed by atoms with Gasteiger partial charge in [0.05, 0.1) is 34.9 Å². The number of aldehydes is 1. The maximum Gasteiger partial charge on any atom is 0.421 e. The van der Waals surface area contributed by atoms with E-state index in [1.807, 2.05) is 0 Å². The zero-order valence-corrected chi connectivity index (χ0v) is 37.9. The van der Waals surface area contributed by atoms with Gasteiger partial charge in [0, 0.05) is 29.7 Å². The van der Waals surface area contributed by atoms with E-state index in [0.717, 1.165) is 67.3 Å². The molecule has 0 fully saturated rings. The summed E-state index contributed by atoms with van der Waals surface area (Å²) in [7, 11) is 0. The SMILES string of the molecule is Cc1cc(F)c(C=O)c(F)c1.Cc1cc(F)c(Cn2cnc(=O)c3cc(Oc4ncccc4C(F)(F)F)ccc32)c(F)c1.Cc1cc(F)cc(F)c1.NC(=O)c1cc(Oc2ncccc2C(F)(F)F)ccc1N. The van der Waals surface area contributed by atoms with E-state index in [-0.39, 0.29) is 52.0 Å². The van der Waals surface area contributed by atoms with Crippen LogP contribution in [0.25, 0.3) is 10.9 Å². The first-order chi connectivity index (χ1) is 34.2. The fourth-order valence-electron chi connectivity index (χ4n) is 6.36. The quantitative estimate of drug-likeness (QED) is 0.0856. The van der Waals surface area contributed by atoms with E-state index in [1.165, 1.54) is 59.2 Å². The molecule has 1 amide bonds. The number of amides is 1. The van der Waals surface area contributed by atoms with Crippen molar-refractivity contribution in [2.75, 3.05) is 5.73 Å². The van der Waals surface area contributed by atoms with Crippen LogP contribution in [0.4, 0.5) is 58.4 Å². The van der Waals surface area contributed by atoms with Crippen LogP contribution in [-0.2, 0) is 18.9 Å². The van der Waals surface area contributed by atoms with Crippen molar-refractivity contribution in [2.24, 2.45) is 5.73 Å². The second kappa shape index (κ2) is 23.4. The summed E-state index contributed by atoms with van der Waals surface area (Å²) in [5.74, 6) is -6.36. The van der Waals surface area contributed by atoms with Gasteiger partial charge in [0.25, 0.3) is 11.5 Å². The summed E-state index contributed by atoms with van der Waals surface area (Å²) in [4.78, 5) is 44.4. The number of pyridine rings is 2. The number of aryl methyl sites for hydroxylation is 3. The largest absolute Gasteiger partial charge is 0.438 e. The fourth-order valence-corrected chi connectivity index (χ4v) is 6.36. The van der Waals surface area contributed by atoms with Gasteiger partial charge in [-0.1, -0.05) is 0 Å². The highest BCUT2D eigenvalue weighted by Gasteiger charge is 2.36.